The van der Waals surface area contributed by atoms with Crippen molar-refractivity contribution in [2.75, 3.05) is 6.61 Å². The lowest BCUT2D eigenvalue weighted by Gasteiger charge is -2.19. The molecule has 0 heterocycles. The lowest BCUT2D eigenvalue weighted by molar-refractivity contribution is -0.124. The number of ketones is 1. The number of Topliss-reactive ketones (excluding diaryl/α,β-unsaturated/α-hetero) is 1. The molecule has 1 saturated carbocycles. The first kappa shape index (κ1) is 16.2. The molecule has 0 saturated heterocycles. The summed E-state index contributed by atoms with van der Waals surface area (Å²) >= 11 is 0. The average molecular weight is 323 g/mol. The molecule has 2 aromatic rings. The monoisotopic (exact) mass is 323 g/mol. The van der Waals surface area contributed by atoms with Crippen LogP contribution in [0.5, 0.6) is 5.75 Å². The van der Waals surface area contributed by atoms with Crippen molar-refractivity contribution in [2.45, 2.75) is 25.8 Å². The van der Waals surface area contributed by atoms with Crippen LogP contribution in [0.2, 0.25) is 0 Å². The third-order valence-electron chi connectivity index (χ3n) is 4.18. The highest BCUT2D eigenvalue weighted by molar-refractivity contribution is 5.94. The van der Waals surface area contributed by atoms with Crippen LogP contribution in [-0.4, -0.2) is 18.3 Å². The second-order valence-corrected chi connectivity index (χ2v) is 6.17. The number of hydrogen-bond donors (Lipinski definition) is 1. The molecule has 0 aliphatic heterocycles. The second kappa shape index (κ2) is 7.30. The van der Waals surface area contributed by atoms with Gasteiger partial charge in [0.05, 0.1) is 6.04 Å². The number of carbonyl (C=O) groups is 2. The first-order chi connectivity index (χ1) is 11.6. The molecule has 124 valence electrons. The van der Waals surface area contributed by atoms with Crippen LogP contribution in [-0.2, 0) is 4.79 Å². The van der Waals surface area contributed by atoms with Crippen LogP contribution < -0.4 is 10.1 Å². The van der Waals surface area contributed by atoms with E-state index < -0.39 is 0 Å². The van der Waals surface area contributed by atoms with Crippen molar-refractivity contribution in [3.63, 3.8) is 0 Å². The topological polar surface area (TPSA) is 55.4 Å². The van der Waals surface area contributed by atoms with Crippen LogP contribution in [0.4, 0.5) is 0 Å². The maximum atomic E-state index is 12.2. The third kappa shape index (κ3) is 4.22. The van der Waals surface area contributed by atoms with Gasteiger partial charge in [0.25, 0.3) is 5.91 Å². The van der Waals surface area contributed by atoms with Gasteiger partial charge in [-0.15, -0.1) is 0 Å². The van der Waals surface area contributed by atoms with Crippen LogP contribution in [0.15, 0.2) is 54.6 Å². The summed E-state index contributed by atoms with van der Waals surface area (Å²) in [6, 6.07) is 17.0. The van der Waals surface area contributed by atoms with Gasteiger partial charge in [-0.2, -0.15) is 0 Å². The number of rotatable bonds is 7. The Labute approximate surface area is 141 Å². The van der Waals surface area contributed by atoms with Crippen molar-refractivity contribution in [3.05, 3.63) is 65.7 Å². The van der Waals surface area contributed by atoms with Crippen LogP contribution in [0.25, 0.3) is 0 Å². The molecule has 3 rings (SSSR count). The highest BCUT2D eigenvalue weighted by Crippen LogP contribution is 2.40. The molecule has 1 fully saturated rings. The van der Waals surface area contributed by atoms with E-state index in [4.69, 9.17) is 4.74 Å². The highest BCUT2D eigenvalue weighted by atomic mass is 16.5. The maximum Gasteiger partial charge on any atom is 0.258 e. The van der Waals surface area contributed by atoms with Crippen molar-refractivity contribution in [1.29, 1.82) is 0 Å². The molecule has 2 aromatic carbocycles. The molecular formula is C20H21NO3. The van der Waals surface area contributed by atoms with E-state index in [1.165, 1.54) is 6.92 Å². The lowest BCUT2D eigenvalue weighted by Crippen LogP contribution is -2.33. The zero-order valence-electron chi connectivity index (χ0n) is 13.7. The number of amides is 1. The molecule has 24 heavy (non-hydrogen) atoms. The smallest absolute Gasteiger partial charge is 0.258 e. The van der Waals surface area contributed by atoms with Gasteiger partial charge in [-0.1, -0.05) is 42.5 Å². The molecule has 4 nitrogen and oxygen atoms in total. The normalized spacial score (nSPS) is 14.7. The Morgan fingerprint density at radius 3 is 2.54 bits per heavy atom. The molecule has 1 aliphatic rings. The van der Waals surface area contributed by atoms with E-state index in [0.717, 1.165) is 18.4 Å². The highest BCUT2D eigenvalue weighted by Gasteiger charge is 2.33. The van der Waals surface area contributed by atoms with E-state index in [9.17, 15) is 9.59 Å². The van der Waals surface area contributed by atoms with Crippen LogP contribution in [0.3, 0.4) is 0 Å². The number of benzene rings is 2. The number of nitrogens with one attached hydrogen (secondary N) is 1. The number of ether oxygens (including phenoxy) is 1. The fourth-order valence-corrected chi connectivity index (χ4v) is 2.73. The van der Waals surface area contributed by atoms with Gasteiger partial charge in [-0.25, -0.2) is 0 Å². The fraction of sp³-hybridized carbons (Fsp3) is 0.300. The van der Waals surface area contributed by atoms with Crippen LogP contribution in [0.1, 0.15) is 41.7 Å². The standard InChI is InChI=1S/C20H21NO3/c1-14(22)17-8-5-9-18(12-17)24-13-19(23)21-20(16-10-11-16)15-6-3-2-4-7-15/h2-9,12,16,20H,10-11,13H2,1H3,(H,21,23)/t20-/m0/s1. The predicted molar refractivity (Wildman–Crippen MR) is 92.0 cm³/mol. The van der Waals surface area contributed by atoms with E-state index >= 15 is 0 Å². The van der Waals surface area contributed by atoms with Gasteiger partial charge in [-0.05, 0) is 43.4 Å². The van der Waals surface area contributed by atoms with Gasteiger partial charge in [-0.3, -0.25) is 9.59 Å². The molecule has 1 atom stereocenters. The first-order valence-electron chi connectivity index (χ1n) is 8.21. The average Bonchev–Trinajstić information content (AvgIpc) is 3.44. The zero-order valence-corrected chi connectivity index (χ0v) is 13.7. The Balaban J connectivity index is 1.59. The van der Waals surface area contributed by atoms with Crippen molar-refractivity contribution in [1.82, 2.24) is 5.32 Å². The van der Waals surface area contributed by atoms with Gasteiger partial charge in [0.15, 0.2) is 12.4 Å². The SMILES string of the molecule is CC(=O)c1cccc(OCC(=O)N[C@@H](c2ccccc2)C2CC2)c1. The van der Waals surface area contributed by atoms with E-state index in [0.29, 0.717) is 17.2 Å². The molecule has 0 spiro atoms. The second-order valence-electron chi connectivity index (χ2n) is 6.17. The van der Waals surface area contributed by atoms with Crippen LogP contribution >= 0.6 is 0 Å². The molecule has 0 aromatic heterocycles. The minimum Gasteiger partial charge on any atom is -0.484 e. The summed E-state index contributed by atoms with van der Waals surface area (Å²) in [5.41, 5.74) is 1.71. The van der Waals surface area contributed by atoms with Crippen molar-refractivity contribution < 1.29 is 14.3 Å². The Kier molecular flexibility index (Phi) is 4.94. The zero-order chi connectivity index (χ0) is 16.9. The number of hydrogen-bond acceptors (Lipinski definition) is 3. The molecule has 0 radical (unpaired) electrons. The van der Waals surface area contributed by atoms with E-state index in [1.807, 2.05) is 30.3 Å². The predicted octanol–water partition coefficient (Wildman–Crippen LogP) is 3.54. The Hall–Kier alpha value is -2.62. The quantitative estimate of drug-likeness (QED) is 0.793. The largest absolute Gasteiger partial charge is 0.484 e. The molecule has 1 amide bonds. The van der Waals surface area contributed by atoms with Gasteiger partial charge in [0.1, 0.15) is 5.75 Å². The summed E-state index contributed by atoms with van der Waals surface area (Å²) in [5, 5.41) is 3.07. The minimum atomic E-state index is -0.149. The summed E-state index contributed by atoms with van der Waals surface area (Å²) in [7, 11) is 0. The number of carbonyl (C=O) groups excluding carboxylic acids is 2. The van der Waals surface area contributed by atoms with Gasteiger partial charge < -0.3 is 10.1 Å². The van der Waals surface area contributed by atoms with Gasteiger partial charge >= 0.3 is 0 Å². The third-order valence-corrected chi connectivity index (χ3v) is 4.18. The Morgan fingerprint density at radius 2 is 1.88 bits per heavy atom. The van der Waals surface area contributed by atoms with Crippen LogP contribution in [0, 0.1) is 5.92 Å². The molecule has 1 aliphatic carbocycles. The van der Waals surface area contributed by atoms with Crippen molar-refractivity contribution >= 4 is 11.7 Å². The lowest BCUT2D eigenvalue weighted by atomic mass is 10.0. The Bertz CT molecular complexity index is 723. The summed E-state index contributed by atoms with van der Waals surface area (Å²) in [6.07, 6.45) is 2.28. The van der Waals surface area contributed by atoms with Crippen molar-refractivity contribution in [2.24, 2.45) is 5.92 Å². The molecule has 1 N–H and O–H groups in total. The van der Waals surface area contributed by atoms with E-state index in [1.54, 1.807) is 24.3 Å². The summed E-state index contributed by atoms with van der Waals surface area (Å²) < 4.78 is 5.53. The molecular weight excluding hydrogens is 302 g/mol. The van der Waals surface area contributed by atoms with Gasteiger partial charge in [0, 0.05) is 5.56 Å². The molecule has 4 heteroatoms. The molecule has 0 bridgehead atoms. The summed E-state index contributed by atoms with van der Waals surface area (Å²) in [6.45, 7) is 1.45. The summed E-state index contributed by atoms with van der Waals surface area (Å²) in [5.74, 6) is 0.865. The van der Waals surface area contributed by atoms with Gasteiger partial charge in [0.2, 0.25) is 0 Å². The summed E-state index contributed by atoms with van der Waals surface area (Å²) in [4.78, 5) is 23.6. The van der Waals surface area contributed by atoms with E-state index in [-0.39, 0.29) is 24.3 Å². The molecule has 0 unspecified atom stereocenters. The maximum absolute atomic E-state index is 12.2. The Morgan fingerprint density at radius 1 is 1.12 bits per heavy atom. The van der Waals surface area contributed by atoms with E-state index in [2.05, 4.69) is 5.32 Å². The minimum absolute atomic E-state index is 0.0252. The fourth-order valence-electron chi connectivity index (χ4n) is 2.73. The first-order valence-corrected chi connectivity index (χ1v) is 8.21. The van der Waals surface area contributed by atoms with Crippen molar-refractivity contribution in [3.8, 4) is 5.75 Å².